The number of aromatic nitrogens is 4. The van der Waals surface area contributed by atoms with E-state index in [2.05, 4.69) is 32.0 Å². The maximum atomic E-state index is 10.4. The van der Waals surface area contributed by atoms with E-state index < -0.39 is 0 Å². The molecule has 32 heavy (non-hydrogen) atoms. The maximum Gasteiger partial charge on any atom is 0.319 e. The van der Waals surface area contributed by atoms with Crippen LogP contribution in [0.1, 0.15) is 25.3 Å². The number of phenols is 2. The summed E-state index contributed by atoms with van der Waals surface area (Å²) in [5.41, 5.74) is 1.61. The van der Waals surface area contributed by atoms with Crippen LogP contribution in [-0.2, 0) is 0 Å². The molecule has 0 saturated carbocycles. The lowest BCUT2D eigenvalue weighted by Crippen LogP contribution is -2.44. The molecule has 0 aliphatic carbocycles. The first kappa shape index (κ1) is 25.5. The van der Waals surface area contributed by atoms with Gasteiger partial charge in [-0.25, -0.2) is 9.55 Å². The van der Waals surface area contributed by atoms with E-state index in [-0.39, 0.29) is 54.1 Å². The van der Waals surface area contributed by atoms with Gasteiger partial charge in [0.05, 0.1) is 17.4 Å². The first-order valence-electron chi connectivity index (χ1n) is 9.95. The largest absolute Gasteiger partial charge is 0.508 e. The molecular formula is C21H28Cl2N6O3. The number of rotatable bonds is 4. The van der Waals surface area contributed by atoms with Crippen molar-refractivity contribution in [3.63, 3.8) is 0 Å². The molecule has 1 fully saturated rings. The van der Waals surface area contributed by atoms with Crippen LogP contribution >= 0.6 is 24.8 Å². The zero-order valence-corrected chi connectivity index (χ0v) is 19.8. The number of nitrogens with zero attached hydrogens (tertiary/aromatic N) is 6. The van der Waals surface area contributed by atoms with Crippen molar-refractivity contribution in [2.75, 3.05) is 38.1 Å². The number of likely N-dealkylation sites (N-methyl/N-ethyl adjacent to an activating group) is 1. The summed E-state index contributed by atoms with van der Waals surface area (Å²) < 4.78 is 1.43. The molecule has 2 aromatic heterocycles. The highest BCUT2D eigenvalue weighted by Gasteiger charge is 2.21. The fourth-order valence-corrected chi connectivity index (χ4v) is 3.66. The van der Waals surface area contributed by atoms with Gasteiger partial charge in [0.25, 0.3) is 0 Å². The van der Waals surface area contributed by atoms with Gasteiger partial charge in [-0.1, -0.05) is 18.9 Å². The van der Waals surface area contributed by atoms with Crippen molar-refractivity contribution >= 4 is 30.6 Å². The Hall–Kier alpha value is -2.75. The lowest BCUT2D eigenvalue weighted by atomic mass is 9.98. The molecule has 1 aromatic carbocycles. The summed E-state index contributed by atoms with van der Waals surface area (Å²) in [4.78, 5) is 9.06. The molecule has 174 valence electrons. The molecule has 1 aliphatic rings. The molecule has 4 rings (SSSR count). The number of phenolic OH excluding ortho intramolecular Hbond substituents is 2. The van der Waals surface area contributed by atoms with Crippen molar-refractivity contribution in [2.45, 2.75) is 19.8 Å². The molecule has 3 N–H and O–H groups in total. The van der Waals surface area contributed by atoms with Crippen molar-refractivity contribution in [1.29, 1.82) is 0 Å². The predicted octanol–water partition coefficient (Wildman–Crippen LogP) is 3.16. The standard InChI is InChI=1S/C21H26N6O3.2ClH/c1-13(2)15-10-16(18(29)11-17(15)28)20-23-24-21(30)27(20)14-4-5-19(22-12-14)26-8-6-25(3)7-9-26;;/h4-5,10-13,28-29H,6-9H2,1-3H3,(H,24,30);2*1H. The van der Waals surface area contributed by atoms with Crippen molar-refractivity contribution in [3.8, 4) is 34.6 Å². The van der Waals surface area contributed by atoms with Crippen molar-refractivity contribution in [1.82, 2.24) is 24.6 Å². The minimum atomic E-state index is -0.308. The SMILES string of the molecule is CC(C)c1cc(-c2nnc(O)n2-c2ccc(N3CCN(C)CC3)nc2)c(O)cc1O.Cl.Cl. The Labute approximate surface area is 199 Å². The third-order valence-electron chi connectivity index (χ3n) is 5.47. The fourth-order valence-electron chi connectivity index (χ4n) is 3.66. The van der Waals surface area contributed by atoms with Crippen LogP contribution in [0.2, 0.25) is 0 Å². The molecule has 0 radical (unpaired) electrons. The van der Waals surface area contributed by atoms with E-state index in [1.54, 1.807) is 12.3 Å². The molecule has 0 spiro atoms. The van der Waals surface area contributed by atoms with Crippen LogP contribution in [0.5, 0.6) is 17.5 Å². The first-order chi connectivity index (χ1) is 14.3. The molecule has 9 nitrogen and oxygen atoms in total. The number of piperazine rings is 1. The molecular weight excluding hydrogens is 455 g/mol. The Kier molecular flexibility index (Phi) is 8.17. The number of aromatic hydroxyl groups is 3. The summed E-state index contributed by atoms with van der Waals surface area (Å²) in [6.07, 6.45) is 1.65. The van der Waals surface area contributed by atoms with Gasteiger partial charge in [0, 0.05) is 32.2 Å². The predicted molar refractivity (Wildman–Crippen MR) is 128 cm³/mol. The molecule has 1 saturated heterocycles. The second kappa shape index (κ2) is 10.2. The van der Waals surface area contributed by atoms with E-state index in [4.69, 9.17) is 0 Å². The van der Waals surface area contributed by atoms with Gasteiger partial charge < -0.3 is 25.1 Å². The molecule has 11 heteroatoms. The summed E-state index contributed by atoms with van der Waals surface area (Å²) >= 11 is 0. The van der Waals surface area contributed by atoms with Gasteiger partial charge in [-0.3, -0.25) is 0 Å². The van der Waals surface area contributed by atoms with Gasteiger partial charge in [-0.2, -0.15) is 0 Å². The Bertz CT molecular complexity index is 1050. The molecule has 0 bridgehead atoms. The lowest BCUT2D eigenvalue weighted by molar-refractivity contribution is 0.312. The minimum absolute atomic E-state index is 0. The highest BCUT2D eigenvalue weighted by Crippen LogP contribution is 2.38. The average Bonchev–Trinajstić information content (AvgIpc) is 3.09. The van der Waals surface area contributed by atoms with E-state index in [0.717, 1.165) is 32.0 Å². The summed E-state index contributed by atoms with van der Waals surface area (Å²) in [5, 5.41) is 38.7. The zero-order chi connectivity index (χ0) is 21.4. The van der Waals surface area contributed by atoms with Gasteiger partial charge in [0.1, 0.15) is 17.3 Å². The Morgan fingerprint density at radius 2 is 1.59 bits per heavy atom. The van der Waals surface area contributed by atoms with E-state index in [9.17, 15) is 15.3 Å². The Morgan fingerprint density at radius 1 is 0.906 bits per heavy atom. The molecule has 1 aliphatic heterocycles. The van der Waals surface area contributed by atoms with Crippen LogP contribution in [-0.4, -0.2) is 73.2 Å². The topological polar surface area (TPSA) is 111 Å². The average molecular weight is 483 g/mol. The summed E-state index contributed by atoms with van der Waals surface area (Å²) in [5.74, 6) is 1.04. The van der Waals surface area contributed by atoms with Gasteiger partial charge >= 0.3 is 6.01 Å². The highest BCUT2D eigenvalue weighted by molar-refractivity contribution is 5.85. The number of hydrogen-bond donors (Lipinski definition) is 3. The summed E-state index contributed by atoms with van der Waals surface area (Å²) in [6, 6.07) is 6.39. The fraction of sp³-hybridized carbons (Fsp3) is 0.381. The minimum Gasteiger partial charge on any atom is -0.508 e. The van der Waals surface area contributed by atoms with E-state index in [0.29, 0.717) is 16.8 Å². The normalized spacial score (nSPS) is 14.2. The van der Waals surface area contributed by atoms with Crippen molar-refractivity contribution < 1.29 is 15.3 Å². The molecule has 0 amide bonds. The quantitative estimate of drug-likeness (QED) is 0.519. The lowest BCUT2D eigenvalue weighted by Gasteiger charge is -2.33. The monoisotopic (exact) mass is 482 g/mol. The first-order valence-corrected chi connectivity index (χ1v) is 9.95. The van der Waals surface area contributed by atoms with Crippen LogP contribution in [0.25, 0.3) is 17.1 Å². The van der Waals surface area contributed by atoms with E-state index in [1.165, 1.54) is 10.6 Å². The van der Waals surface area contributed by atoms with Crippen LogP contribution < -0.4 is 4.90 Å². The van der Waals surface area contributed by atoms with Gasteiger partial charge in [0.2, 0.25) is 0 Å². The molecule has 3 heterocycles. The maximum absolute atomic E-state index is 10.4. The smallest absolute Gasteiger partial charge is 0.319 e. The van der Waals surface area contributed by atoms with Crippen LogP contribution in [0, 0.1) is 0 Å². The number of hydrogen-bond acceptors (Lipinski definition) is 8. The highest BCUT2D eigenvalue weighted by atomic mass is 35.5. The number of anilines is 1. The number of halogens is 2. The number of pyridine rings is 1. The molecule has 3 aromatic rings. The van der Waals surface area contributed by atoms with Crippen LogP contribution in [0.15, 0.2) is 30.5 Å². The third-order valence-corrected chi connectivity index (χ3v) is 5.47. The second-order valence-electron chi connectivity index (χ2n) is 7.91. The summed E-state index contributed by atoms with van der Waals surface area (Å²) in [7, 11) is 2.10. The van der Waals surface area contributed by atoms with Gasteiger partial charge in [-0.15, -0.1) is 29.9 Å². The molecule has 0 atom stereocenters. The van der Waals surface area contributed by atoms with E-state index in [1.807, 2.05) is 26.0 Å². The Morgan fingerprint density at radius 3 is 2.19 bits per heavy atom. The second-order valence-corrected chi connectivity index (χ2v) is 7.91. The van der Waals surface area contributed by atoms with Crippen LogP contribution in [0.3, 0.4) is 0 Å². The van der Waals surface area contributed by atoms with Crippen LogP contribution in [0.4, 0.5) is 5.82 Å². The van der Waals surface area contributed by atoms with Gasteiger partial charge in [0.15, 0.2) is 5.82 Å². The third kappa shape index (κ3) is 4.85. The molecule has 0 unspecified atom stereocenters. The zero-order valence-electron chi connectivity index (χ0n) is 18.1. The van der Waals surface area contributed by atoms with Crippen molar-refractivity contribution in [3.05, 3.63) is 36.0 Å². The Balaban J connectivity index is 0.00000181. The van der Waals surface area contributed by atoms with Gasteiger partial charge in [-0.05, 0) is 36.7 Å². The van der Waals surface area contributed by atoms with E-state index >= 15 is 0 Å². The summed E-state index contributed by atoms with van der Waals surface area (Å²) in [6.45, 7) is 7.67. The van der Waals surface area contributed by atoms with Crippen molar-refractivity contribution in [2.24, 2.45) is 0 Å². The number of benzene rings is 1.